The summed E-state index contributed by atoms with van der Waals surface area (Å²) in [5.74, 6) is -1.34. The first-order valence-electron chi connectivity index (χ1n) is 7.28. The molecule has 24 heavy (non-hydrogen) atoms. The van der Waals surface area contributed by atoms with Crippen LogP contribution >= 0.6 is 0 Å². The van der Waals surface area contributed by atoms with Crippen LogP contribution in [0.1, 0.15) is 34.6 Å². The Morgan fingerprint density at radius 2 is 1.71 bits per heavy atom. The summed E-state index contributed by atoms with van der Waals surface area (Å²) >= 11 is 0. The minimum absolute atomic E-state index is 0.0629. The van der Waals surface area contributed by atoms with E-state index in [4.69, 9.17) is 4.74 Å². The van der Waals surface area contributed by atoms with Crippen LogP contribution in [0.3, 0.4) is 0 Å². The quantitative estimate of drug-likeness (QED) is 0.651. The third-order valence-electron chi connectivity index (χ3n) is 3.29. The second-order valence-electron chi connectivity index (χ2n) is 5.22. The summed E-state index contributed by atoms with van der Waals surface area (Å²) in [5.41, 5.74) is 1.18. The molecule has 0 aliphatic rings. The first-order valence-corrected chi connectivity index (χ1v) is 7.28. The molecule has 6 nitrogen and oxygen atoms in total. The largest absolute Gasteiger partial charge is 0.508 e. The molecule has 2 rings (SSSR count). The highest BCUT2D eigenvalue weighted by Crippen LogP contribution is 2.14. The second kappa shape index (κ2) is 7.41. The van der Waals surface area contributed by atoms with Crippen LogP contribution in [0, 0.1) is 0 Å². The summed E-state index contributed by atoms with van der Waals surface area (Å²) in [6.07, 6.45) is -1.02. The van der Waals surface area contributed by atoms with Gasteiger partial charge in [-0.05, 0) is 56.3 Å². The molecule has 0 aromatic heterocycles. The lowest BCUT2D eigenvalue weighted by Gasteiger charge is -2.13. The number of carbonyl (C=O) groups excluding carboxylic acids is 3. The van der Waals surface area contributed by atoms with Gasteiger partial charge in [-0.15, -0.1) is 0 Å². The molecule has 0 aliphatic heterocycles. The van der Waals surface area contributed by atoms with Crippen molar-refractivity contribution < 1.29 is 24.2 Å². The molecule has 0 fully saturated rings. The van der Waals surface area contributed by atoms with Crippen molar-refractivity contribution in [2.24, 2.45) is 0 Å². The molecular formula is C18H17NO5. The molecule has 0 aliphatic carbocycles. The highest BCUT2D eigenvalue weighted by atomic mass is 16.5. The van der Waals surface area contributed by atoms with Gasteiger partial charge >= 0.3 is 5.97 Å². The van der Waals surface area contributed by atoms with E-state index in [0.717, 1.165) is 0 Å². The summed E-state index contributed by atoms with van der Waals surface area (Å²) in [7, 11) is 0. The standard InChI is InChI=1S/C18H17NO5/c1-11(20)13-6-8-15(9-7-13)19-17(22)12(2)24-18(23)14-4-3-5-16(21)10-14/h3-10,12,21H,1-2H3,(H,19,22)/t12-/m1/s1. The van der Waals surface area contributed by atoms with E-state index in [0.29, 0.717) is 11.3 Å². The molecule has 1 atom stereocenters. The van der Waals surface area contributed by atoms with E-state index in [1.54, 1.807) is 24.3 Å². The van der Waals surface area contributed by atoms with Crippen LogP contribution in [0.25, 0.3) is 0 Å². The first-order chi connectivity index (χ1) is 11.4. The molecule has 2 aromatic carbocycles. The van der Waals surface area contributed by atoms with Crippen molar-refractivity contribution in [1.82, 2.24) is 0 Å². The van der Waals surface area contributed by atoms with Crippen molar-refractivity contribution in [2.75, 3.05) is 5.32 Å². The van der Waals surface area contributed by atoms with Crippen molar-refractivity contribution >= 4 is 23.3 Å². The number of benzene rings is 2. The number of ketones is 1. The zero-order valence-electron chi connectivity index (χ0n) is 13.3. The van der Waals surface area contributed by atoms with Crippen LogP contribution in [-0.2, 0) is 9.53 Å². The Morgan fingerprint density at radius 1 is 1.04 bits per heavy atom. The maximum Gasteiger partial charge on any atom is 0.339 e. The summed E-state index contributed by atoms with van der Waals surface area (Å²) in [5, 5.41) is 11.9. The van der Waals surface area contributed by atoms with Gasteiger partial charge in [0.15, 0.2) is 11.9 Å². The number of phenolic OH excluding ortho intramolecular Hbond substituents is 1. The average Bonchev–Trinajstić information content (AvgIpc) is 2.55. The Morgan fingerprint density at radius 3 is 2.29 bits per heavy atom. The zero-order chi connectivity index (χ0) is 17.7. The van der Waals surface area contributed by atoms with Crippen molar-refractivity contribution in [3.63, 3.8) is 0 Å². The fraction of sp³-hybridized carbons (Fsp3) is 0.167. The number of ether oxygens (including phenoxy) is 1. The molecule has 2 N–H and O–H groups in total. The van der Waals surface area contributed by atoms with Gasteiger partial charge in [-0.3, -0.25) is 9.59 Å². The van der Waals surface area contributed by atoms with Crippen molar-refractivity contribution in [1.29, 1.82) is 0 Å². The van der Waals surface area contributed by atoms with Crippen LogP contribution < -0.4 is 5.32 Å². The average molecular weight is 327 g/mol. The van der Waals surface area contributed by atoms with Gasteiger partial charge in [0.05, 0.1) is 5.56 Å². The SMILES string of the molecule is CC(=O)c1ccc(NC(=O)[C@@H](C)OC(=O)c2cccc(O)c2)cc1. The van der Waals surface area contributed by atoms with E-state index < -0.39 is 18.0 Å². The van der Waals surface area contributed by atoms with Crippen LogP contribution in [0.4, 0.5) is 5.69 Å². The molecule has 0 bridgehead atoms. The molecule has 6 heteroatoms. The fourth-order valence-electron chi connectivity index (χ4n) is 1.95. The monoisotopic (exact) mass is 327 g/mol. The number of aromatic hydroxyl groups is 1. The number of carbonyl (C=O) groups is 3. The zero-order valence-corrected chi connectivity index (χ0v) is 13.3. The van der Waals surface area contributed by atoms with E-state index in [2.05, 4.69) is 5.32 Å². The number of rotatable bonds is 5. The molecule has 124 valence electrons. The fourth-order valence-corrected chi connectivity index (χ4v) is 1.95. The van der Waals surface area contributed by atoms with Crippen molar-refractivity contribution in [2.45, 2.75) is 20.0 Å². The number of hydrogen-bond acceptors (Lipinski definition) is 5. The highest BCUT2D eigenvalue weighted by molar-refractivity contribution is 5.98. The lowest BCUT2D eigenvalue weighted by molar-refractivity contribution is -0.123. The minimum Gasteiger partial charge on any atom is -0.508 e. The van der Waals surface area contributed by atoms with Crippen LogP contribution in [0.2, 0.25) is 0 Å². The summed E-state index contributed by atoms with van der Waals surface area (Å²) in [6, 6.07) is 12.1. The van der Waals surface area contributed by atoms with Gasteiger partial charge in [0, 0.05) is 11.3 Å². The smallest absolute Gasteiger partial charge is 0.339 e. The molecule has 1 amide bonds. The summed E-state index contributed by atoms with van der Waals surface area (Å²) < 4.78 is 5.07. The molecule has 0 saturated carbocycles. The van der Waals surface area contributed by atoms with Crippen LogP contribution in [-0.4, -0.2) is 28.9 Å². The predicted molar refractivity (Wildman–Crippen MR) is 88.1 cm³/mol. The van der Waals surface area contributed by atoms with Gasteiger partial charge in [0.25, 0.3) is 5.91 Å². The molecular weight excluding hydrogens is 310 g/mol. The Balaban J connectivity index is 1.96. The van der Waals surface area contributed by atoms with Crippen LogP contribution in [0.5, 0.6) is 5.75 Å². The molecule has 0 spiro atoms. The lowest BCUT2D eigenvalue weighted by atomic mass is 10.1. The van der Waals surface area contributed by atoms with E-state index in [1.807, 2.05) is 0 Å². The Bertz CT molecular complexity index is 767. The third kappa shape index (κ3) is 4.42. The maximum absolute atomic E-state index is 12.1. The Labute approximate surface area is 139 Å². The topological polar surface area (TPSA) is 92.7 Å². The normalized spacial score (nSPS) is 11.4. The Hall–Kier alpha value is -3.15. The molecule has 0 saturated heterocycles. The maximum atomic E-state index is 12.1. The third-order valence-corrected chi connectivity index (χ3v) is 3.29. The summed E-state index contributed by atoms with van der Waals surface area (Å²) in [4.78, 5) is 35.2. The number of amides is 1. The molecule has 0 radical (unpaired) electrons. The predicted octanol–water partition coefficient (Wildman–Crippen LogP) is 2.78. The Kier molecular flexibility index (Phi) is 5.31. The number of Topliss-reactive ketones (excluding diaryl/α,β-unsaturated/α-hetero) is 1. The lowest BCUT2D eigenvalue weighted by Crippen LogP contribution is -2.30. The molecule has 0 unspecified atom stereocenters. The molecule has 2 aromatic rings. The van der Waals surface area contributed by atoms with Gasteiger partial charge in [0.2, 0.25) is 0 Å². The van der Waals surface area contributed by atoms with Crippen molar-refractivity contribution in [3.8, 4) is 5.75 Å². The van der Waals surface area contributed by atoms with Gasteiger partial charge in [-0.25, -0.2) is 4.79 Å². The minimum atomic E-state index is -1.02. The van der Waals surface area contributed by atoms with Gasteiger partial charge < -0.3 is 15.2 Å². The number of anilines is 1. The molecule has 0 heterocycles. The van der Waals surface area contributed by atoms with Crippen molar-refractivity contribution in [3.05, 3.63) is 59.7 Å². The van der Waals surface area contributed by atoms with Crippen LogP contribution in [0.15, 0.2) is 48.5 Å². The number of esters is 1. The van der Waals surface area contributed by atoms with Gasteiger partial charge in [0.1, 0.15) is 5.75 Å². The van der Waals surface area contributed by atoms with E-state index in [1.165, 1.54) is 38.1 Å². The van der Waals surface area contributed by atoms with Gasteiger partial charge in [-0.1, -0.05) is 6.07 Å². The number of phenols is 1. The second-order valence-corrected chi connectivity index (χ2v) is 5.22. The first kappa shape index (κ1) is 17.2. The van der Waals surface area contributed by atoms with E-state index in [-0.39, 0.29) is 17.1 Å². The number of hydrogen-bond donors (Lipinski definition) is 2. The van der Waals surface area contributed by atoms with E-state index in [9.17, 15) is 19.5 Å². The van der Waals surface area contributed by atoms with Gasteiger partial charge in [-0.2, -0.15) is 0 Å². The summed E-state index contributed by atoms with van der Waals surface area (Å²) in [6.45, 7) is 2.90. The number of nitrogens with one attached hydrogen (secondary N) is 1. The van der Waals surface area contributed by atoms with E-state index >= 15 is 0 Å². The highest BCUT2D eigenvalue weighted by Gasteiger charge is 2.19.